The first-order chi connectivity index (χ1) is 10.8. The van der Waals surface area contributed by atoms with Crippen molar-refractivity contribution < 1.29 is 14.7 Å². The fourth-order valence-electron chi connectivity index (χ4n) is 2.94. The Morgan fingerprint density at radius 3 is 2.35 bits per heavy atom. The van der Waals surface area contributed by atoms with E-state index < -0.39 is 11.1 Å². The van der Waals surface area contributed by atoms with Gasteiger partial charge in [0.1, 0.15) is 5.54 Å². The Hall–Kier alpha value is -1.88. The number of aliphatic hydroxyl groups is 1. The molecule has 126 valence electrons. The van der Waals surface area contributed by atoms with Crippen molar-refractivity contribution in [3.05, 3.63) is 30.3 Å². The summed E-state index contributed by atoms with van der Waals surface area (Å²) in [5, 5.41) is 16.0. The van der Waals surface area contributed by atoms with Crippen LogP contribution in [0.15, 0.2) is 30.3 Å². The lowest BCUT2D eigenvalue weighted by molar-refractivity contribution is -0.133. The number of rotatable bonds is 5. The molecule has 0 atom stereocenters. The van der Waals surface area contributed by atoms with Gasteiger partial charge in [-0.25, -0.2) is 0 Å². The molecule has 5 nitrogen and oxygen atoms in total. The van der Waals surface area contributed by atoms with Gasteiger partial charge in [-0.15, -0.1) is 0 Å². The van der Waals surface area contributed by atoms with Crippen LogP contribution in [-0.4, -0.2) is 28.1 Å². The van der Waals surface area contributed by atoms with E-state index in [0.29, 0.717) is 18.5 Å². The Morgan fingerprint density at radius 2 is 1.74 bits per heavy atom. The highest BCUT2D eigenvalue weighted by atomic mass is 16.3. The predicted octanol–water partition coefficient (Wildman–Crippen LogP) is 2.61. The summed E-state index contributed by atoms with van der Waals surface area (Å²) < 4.78 is 0. The molecule has 1 aromatic rings. The first-order valence-corrected chi connectivity index (χ1v) is 8.21. The maximum Gasteiger partial charge on any atom is 0.249 e. The van der Waals surface area contributed by atoms with Gasteiger partial charge < -0.3 is 15.7 Å². The zero-order valence-corrected chi connectivity index (χ0v) is 13.9. The summed E-state index contributed by atoms with van der Waals surface area (Å²) in [6.07, 6.45) is 4.35. The van der Waals surface area contributed by atoms with Gasteiger partial charge in [-0.1, -0.05) is 37.5 Å². The predicted molar refractivity (Wildman–Crippen MR) is 89.9 cm³/mol. The monoisotopic (exact) mass is 318 g/mol. The highest BCUT2D eigenvalue weighted by Gasteiger charge is 2.35. The van der Waals surface area contributed by atoms with Gasteiger partial charge in [0.25, 0.3) is 0 Å². The number of hydrogen-bond donors (Lipinski definition) is 3. The van der Waals surface area contributed by atoms with Crippen LogP contribution in [0.1, 0.15) is 52.4 Å². The van der Waals surface area contributed by atoms with Crippen LogP contribution in [0.25, 0.3) is 0 Å². The van der Waals surface area contributed by atoms with Crippen LogP contribution in [0.3, 0.4) is 0 Å². The van der Waals surface area contributed by atoms with E-state index in [1.54, 1.807) is 26.0 Å². The molecule has 0 bridgehead atoms. The Morgan fingerprint density at radius 1 is 1.13 bits per heavy atom. The standard InChI is InChI=1S/C18H26N2O3/c1-17(2,16(22)19-14-9-5-3-6-10-14)20-15(21)13-18(23)11-7-4-8-12-18/h3,5-6,9-10,23H,4,7-8,11-13H2,1-2H3,(H,19,22)(H,20,21). The van der Waals surface area contributed by atoms with Crippen LogP contribution in [-0.2, 0) is 9.59 Å². The Labute approximate surface area is 137 Å². The smallest absolute Gasteiger partial charge is 0.249 e. The minimum Gasteiger partial charge on any atom is -0.389 e. The van der Waals surface area contributed by atoms with E-state index in [4.69, 9.17) is 0 Å². The van der Waals surface area contributed by atoms with Crippen LogP contribution in [0.4, 0.5) is 5.69 Å². The highest BCUT2D eigenvalue weighted by molar-refractivity contribution is 5.99. The van der Waals surface area contributed by atoms with Crippen LogP contribution in [0, 0.1) is 0 Å². The van der Waals surface area contributed by atoms with Gasteiger partial charge in [0.15, 0.2) is 0 Å². The van der Waals surface area contributed by atoms with E-state index in [9.17, 15) is 14.7 Å². The van der Waals surface area contributed by atoms with Crippen molar-refractivity contribution in [2.75, 3.05) is 5.32 Å². The molecule has 23 heavy (non-hydrogen) atoms. The molecule has 1 aliphatic carbocycles. The van der Waals surface area contributed by atoms with Crippen molar-refractivity contribution in [3.63, 3.8) is 0 Å². The van der Waals surface area contributed by atoms with Gasteiger partial charge in [-0.3, -0.25) is 9.59 Å². The highest BCUT2D eigenvalue weighted by Crippen LogP contribution is 2.30. The summed E-state index contributed by atoms with van der Waals surface area (Å²) >= 11 is 0. The number of anilines is 1. The van der Waals surface area contributed by atoms with Crippen molar-refractivity contribution in [2.45, 2.75) is 63.5 Å². The molecule has 1 saturated carbocycles. The summed E-state index contributed by atoms with van der Waals surface area (Å²) in [6.45, 7) is 3.32. The molecule has 1 aliphatic rings. The van der Waals surface area contributed by atoms with Crippen LogP contribution >= 0.6 is 0 Å². The van der Waals surface area contributed by atoms with E-state index >= 15 is 0 Å². The minimum atomic E-state index is -1.04. The fourth-order valence-corrected chi connectivity index (χ4v) is 2.94. The molecule has 0 heterocycles. The minimum absolute atomic E-state index is 0.0506. The number of carbonyl (C=O) groups excluding carboxylic acids is 2. The molecule has 0 spiro atoms. The van der Waals surface area contributed by atoms with Gasteiger partial charge in [0, 0.05) is 5.69 Å². The second-order valence-electron chi connectivity index (χ2n) is 6.96. The van der Waals surface area contributed by atoms with Crippen molar-refractivity contribution >= 4 is 17.5 Å². The number of nitrogens with one attached hydrogen (secondary N) is 2. The lowest BCUT2D eigenvalue weighted by Crippen LogP contribution is -2.53. The van der Waals surface area contributed by atoms with E-state index in [0.717, 1.165) is 19.3 Å². The van der Waals surface area contributed by atoms with Gasteiger partial charge in [-0.2, -0.15) is 0 Å². The maximum absolute atomic E-state index is 12.4. The fraction of sp³-hybridized carbons (Fsp3) is 0.556. The number of amides is 2. The molecule has 5 heteroatoms. The molecule has 0 saturated heterocycles. The normalized spacial score (nSPS) is 17.3. The van der Waals surface area contributed by atoms with Crippen molar-refractivity contribution in [2.24, 2.45) is 0 Å². The second kappa shape index (κ2) is 7.13. The lowest BCUT2D eigenvalue weighted by Gasteiger charge is -2.33. The third-order valence-corrected chi connectivity index (χ3v) is 4.33. The maximum atomic E-state index is 12.4. The average molecular weight is 318 g/mol. The SMILES string of the molecule is CC(C)(NC(=O)CC1(O)CCCCC1)C(=O)Nc1ccccc1. The van der Waals surface area contributed by atoms with Gasteiger partial charge in [0.05, 0.1) is 12.0 Å². The Bertz CT molecular complexity index is 549. The lowest BCUT2D eigenvalue weighted by atomic mass is 9.82. The molecule has 0 unspecified atom stereocenters. The van der Waals surface area contributed by atoms with Gasteiger partial charge in [-0.05, 0) is 38.8 Å². The molecule has 1 aromatic carbocycles. The van der Waals surface area contributed by atoms with E-state index in [1.165, 1.54) is 0 Å². The number of hydrogen-bond acceptors (Lipinski definition) is 3. The number of carbonyl (C=O) groups is 2. The molecule has 0 radical (unpaired) electrons. The largest absolute Gasteiger partial charge is 0.389 e. The topological polar surface area (TPSA) is 78.4 Å². The Balaban J connectivity index is 1.91. The summed E-state index contributed by atoms with van der Waals surface area (Å²) in [5.74, 6) is -0.574. The first kappa shape index (κ1) is 17.5. The summed E-state index contributed by atoms with van der Waals surface area (Å²) in [7, 11) is 0. The Kier molecular flexibility index (Phi) is 5.42. The molecular weight excluding hydrogens is 292 g/mol. The van der Waals surface area contributed by atoms with E-state index in [1.807, 2.05) is 18.2 Å². The zero-order chi connectivity index (χ0) is 16.9. The quantitative estimate of drug-likeness (QED) is 0.781. The summed E-state index contributed by atoms with van der Waals surface area (Å²) in [4.78, 5) is 24.6. The third-order valence-electron chi connectivity index (χ3n) is 4.33. The number of benzene rings is 1. The van der Waals surface area contributed by atoms with Crippen molar-refractivity contribution in [3.8, 4) is 0 Å². The van der Waals surface area contributed by atoms with Crippen LogP contribution < -0.4 is 10.6 Å². The molecule has 1 fully saturated rings. The first-order valence-electron chi connectivity index (χ1n) is 8.21. The van der Waals surface area contributed by atoms with Crippen LogP contribution in [0.5, 0.6) is 0 Å². The zero-order valence-electron chi connectivity index (χ0n) is 13.9. The molecule has 2 rings (SSSR count). The van der Waals surface area contributed by atoms with Gasteiger partial charge in [0.2, 0.25) is 11.8 Å². The van der Waals surface area contributed by atoms with E-state index in [2.05, 4.69) is 10.6 Å². The van der Waals surface area contributed by atoms with Gasteiger partial charge >= 0.3 is 0 Å². The van der Waals surface area contributed by atoms with Crippen molar-refractivity contribution in [1.82, 2.24) is 5.32 Å². The molecule has 3 N–H and O–H groups in total. The molecule has 0 aromatic heterocycles. The van der Waals surface area contributed by atoms with E-state index in [-0.39, 0.29) is 18.2 Å². The van der Waals surface area contributed by atoms with Crippen molar-refractivity contribution in [1.29, 1.82) is 0 Å². The summed E-state index contributed by atoms with van der Waals surface area (Å²) in [5.41, 5.74) is -1.28. The van der Waals surface area contributed by atoms with Crippen LogP contribution in [0.2, 0.25) is 0 Å². The number of para-hydroxylation sites is 1. The summed E-state index contributed by atoms with van der Waals surface area (Å²) in [6, 6.07) is 9.12. The molecule has 2 amide bonds. The molecule has 0 aliphatic heterocycles. The molecular formula is C18H26N2O3. The average Bonchev–Trinajstić information content (AvgIpc) is 2.47. The third kappa shape index (κ3) is 5.06. The second-order valence-corrected chi connectivity index (χ2v) is 6.96.